The Morgan fingerprint density at radius 1 is 1.37 bits per heavy atom. The van der Waals surface area contributed by atoms with Gasteiger partial charge in [-0.25, -0.2) is 0 Å². The van der Waals surface area contributed by atoms with Crippen LogP contribution < -0.4 is 10.6 Å². The van der Waals surface area contributed by atoms with Crippen molar-refractivity contribution in [2.24, 2.45) is 0 Å². The predicted octanol–water partition coefficient (Wildman–Crippen LogP) is 2.55. The van der Waals surface area contributed by atoms with Gasteiger partial charge in [0.15, 0.2) is 0 Å². The number of hydrogen-bond acceptors (Lipinski definition) is 4. The first-order valence-corrected chi connectivity index (χ1v) is 6.09. The lowest BCUT2D eigenvalue weighted by molar-refractivity contribution is -0.385. The number of anilines is 1. The Morgan fingerprint density at radius 3 is 2.47 bits per heavy atom. The van der Waals surface area contributed by atoms with E-state index < -0.39 is 16.4 Å². The molecule has 2 N–H and O–H groups in total. The summed E-state index contributed by atoms with van der Waals surface area (Å²) in [5, 5.41) is 16.7. The van der Waals surface area contributed by atoms with E-state index >= 15 is 0 Å². The molecule has 19 heavy (non-hydrogen) atoms. The summed E-state index contributed by atoms with van der Waals surface area (Å²) in [6, 6.07) is 4.44. The van der Waals surface area contributed by atoms with E-state index in [1.165, 1.54) is 12.1 Å². The lowest BCUT2D eigenvalue weighted by atomic mass is 10.1. The minimum Gasteiger partial charge on any atom is -0.385 e. The van der Waals surface area contributed by atoms with Crippen molar-refractivity contribution >= 4 is 17.3 Å². The van der Waals surface area contributed by atoms with Crippen LogP contribution in [0.4, 0.5) is 11.4 Å². The van der Waals surface area contributed by atoms with Crippen LogP contribution in [0.3, 0.4) is 0 Å². The molecule has 0 saturated carbocycles. The molecule has 0 saturated heterocycles. The van der Waals surface area contributed by atoms with Crippen molar-refractivity contribution in [3.63, 3.8) is 0 Å². The molecule has 6 heteroatoms. The lowest BCUT2D eigenvalue weighted by Crippen LogP contribution is -2.40. The van der Waals surface area contributed by atoms with Crippen molar-refractivity contribution in [3.8, 4) is 0 Å². The highest BCUT2D eigenvalue weighted by atomic mass is 16.6. The van der Waals surface area contributed by atoms with Gasteiger partial charge in [-0.05, 0) is 39.8 Å². The maximum Gasteiger partial charge on any atom is 0.282 e. The molecular formula is C13H19N3O3. The van der Waals surface area contributed by atoms with Gasteiger partial charge in [0.25, 0.3) is 11.6 Å². The minimum absolute atomic E-state index is 0.0679. The molecule has 6 nitrogen and oxygen atoms in total. The van der Waals surface area contributed by atoms with E-state index in [9.17, 15) is 14.9 Å². The summed E-state index contributed by atoms with van der Waals surface area (Å²) in [6.07, 6.45) is 0. The summed E-state index contributed by atoms with van der Waals surface area (Å²) in [6.45, 7) is 8.06. The average Bonchev–Trinajstić information content (AvgIpc) is 2.26. The number of rotatable bonds is 4. The van der Waals surface area contributed by atoms with Gasteiger partial charge >= 0.3 is 0 Å². The molecule has 0 aromatic heterocycles. The molecule has 0 fully saturated rings. The Labute approximate surface area is 112 Å². The fourth-order valence-corrected chi connectivity index (χ4v) is 1.60. The van der Waals surface area contributed by atoms with E-state index in [4.69, 9.17) is 0 Å². The van der Waals surface area contributed by atoms with E-state index in [0.717, 1.165) is 0 Å². The predicted molar refractivity (Wildman–Crippen MR) is 74.5 cm³/mol. The third kappa shape index (κ3) is 4.24. The smallest absolute Gasteiger partial charge is 0.282 e. The average molecular weight is 265 g/mol. The van der Waals surface area contributed by atoms with Crippen molar-refractivity contribution in [2.45, 2.75) is 33.2 Å². The Hall–Kier alpha value is -2.11. The van der Waals surface area contributed by atoms with Crippen LogP contribution in [-0.2, 0) is 0 Å². The van der Waals surface area contributed by atoms with Crippen LogP contribution in [0.2, 0.25) is 0 Å². The second-order valence-corrected chi connectivity index (χ2v) is 5.22. The summed E-state index contributed by atoms with van der Waals surface area (Å²) < 4.78 is 0. The van der Waals surface area contributed by atoms with Gasteiger partial charge in [0.2, 0.25) is 0 Å². The van der Waals surface area contributed by atoms with Gasteiger partial charge in [-0.3, -0.25) is 14.9 Å². The molecule has 1 aromatic carbocycles. The molecule has 0 aliphatic heterocycles. The largest absolute Gasteiger partial charge is 0.385 e. The molecule has 0 bridgehead atoms. The van der Waals surface area contributed by atoms with Gasteiger partial charge in [-0.2, -0.15) is 0 Å². The zero-order valence-electron chi connectivity index (χ0n) is 11.6. The molecule has 0 aliphatic rings. The summed E-state index contributed by atoms with van der Waals surface area (Å²) in [5.74, 6) is -0.445. The Bertz CT molecular complexity index is 492. The first-order valence-electron chi connectivity index (χ1n) is 6.09. The van der Waals surface area contributed by atoms with Crippen LogP contribution in [0.5, 0.6) is 0 Å². The van der Waals surface area contributed by atoms with Crippen LogP contribution in [0, 0.1) is 10.1 Å². The zero-order chi connectivity index (χ0) is 14.6. The number of carbonyl (C=O) groups excluding carboxylic acids is 1. The number of nitrogens with zero attached hydrogens (tertiary/aromatic N) is 1. The van der Waals surface area contributed by atoms with Gasteiger partial charge in [0.05, 0.1) is 4.92 Å². The van der Waals surface area contributed by atoms with Crippen LogP contribution in [0.25, 0.3) is 0 Å². The van der Waals surface area contributed by atoms with Crippen LogP contribution in [-0.4, -0.2) is 22.9 Å². The van der Waals surface area contributed by atoms with Crippen molar-refractivity contribution in [3.05, 3.63) is 33.9 Å². The van der Waals surface area contributed by atoms with Gasteiger partial charge in [-0.15, -0.1) is 0 Å². The third-order valence-electron chi connectivity index (χ3n) is 2.31. The van der Waals surface area contributed by atoms with Gasteiger partial charge in [0.1, 0.15) is 5.56 Å². The molecule has 1 amide bonds. The number of nitro groups is 1. The molecular weight excluding hydrogens is 246 g/mol. The SMILES string of the molecule is CCNc1ccc([N+](=O)[O-])c(C(=O)NC(C)(C)C)c1. The highest BCUT2D eigenvalue weighted by molar-refractivity contribution is 5.99. The van der Waals surface area contributed by atoms with Crippen molar-refractivity contribution < 1.29 is 9.72 Å². The molecule has 1 aromatic rings. The number of benzene rings is 1. The summed E-state index contributed by atoms with van der Waals surface area (Å²) >= 11 is 0. The van der Waals surface area contributed by atoms with Crippen molar-refractivity contribution in [1.82, 2.24) is 5.32 Å². The summed E-state index contributed by atoms with van der Waals surface area (Å²) in [5.41, 5.74) is 0.119. The normalized spacial score (nSPS) is 10.9. The first-order chi connectivity index (χ1) is 8.74. The molecule has 0 radical (unpaired) electrons. The van der Waals surface area contributed by atoms with Crippen LogP contribution >= 0.6 is 0 Å². The van der Waals surface area contributed by atoms with E-state index in [0.29, 0.717) is 12.2 Å². The molecule has 0 aliphatic carbocycles. The highest BCUT2D eigenvalue weighted by Gasteiger charge is 2.23. The minimum atomic E-state index is -0.548. The Morgan fingerprint density at radius 2 is 2.00 bits per heavy atom. The maximum absolute atomic E-state index is 12.1. The lowest BCUT2D eigenvalue weighted by Gasteiger charge is -2.20. The van der Waals surface area contributed by atoms with E-state index in [1.807, 2.05) is 27.7 Å². The van der Waals surface area contributed by atoms with Gasteiger partial charge in [-0.1, -0.05) is 0 Å². The summed E-state index contributed by atoms with van der Waals surface area (Å²) in [7, 11) is 0. The number of nitro benzene ring substituents is 1. The third-order valence-corrected chi connectivity index (χ3v) is 2.31. The molecule has 1 rings (SSSR count). The van der Waals surface area contributed by atoms with E-state index in [2.05, 4.69) is 10.6 Å². The first kappa shape index (κ1) is 14.9. The van der Waals surface area contributed by atoms with Gasteiger partial charge < -0.3 is 10.6 Å². The number of carbonyl (C=O) groups is 1. The molecule has 0 unspecified atom stereocenters. The fraction of sp³-hybridized carbons (Fsp3) is 0.462. The Balaban J connectivity index is 3.17. The quantitative estimate of drug-likeness (QED) is 0.647. The van der Waals surface area contributed by atoms with E-state index in [1.54, 1.807) is 6.07 Å². The highest BCUT2D eigenvalue weighted by Crippen LogP contribution is 2.23. The number of amides is 1. The van der Waals surface area contributed by atoms with Crippen LogP contribution in [0.15, 0.2) is 18.2 Å². The van der Waals surface area contributed by atoms with Crippen molar-refractivity contribution in [1.29, 1.82) is 0 Å². The van der Waals surface area contributed by atoms with Crippen LogP contribution in [0.1, 0.15) is 38.1 Å². The molecule has 0 heterocycles. The maximum atomic E-state index is 12.1. The van der Waals surface area contributed by atoms with Gasteiger partial charge in [0, 0.05) is 23.8 Å². The number of hydrogen-bond donors (Lipinski definition) is 2. The monoisotopic (exact) mass is 265 g/mol. The number of nitrogens with one attached hydrogen (secondary N) is 2. The zero-order valence-corrected chi connectivity index (χ0v) is 11.6. The molecule has 104 valence electrons. The molecule has 0 spiro atoms. The fourth-order valence-electron chi connectivity index (χ4n) is 1.60. The standard InChI is InChI=1S/C13H19N3O3/c1-5-14-9-6-7-11(16(18)19)10(8-9)12(17)15-13(2,3)4/h6-8,14H,5H2,1-4H3,(H,15,17). The van der Waals surface area contributed by atoms with Crippen molar-refractivity contribution in [2.75, 3.05) is 11.9 Å². The Kier molecular flexibility index (Phi) is 4.47. The van der Waals surface area contributed by atoms with E-state index in [-0.39, 0.29) is 11.3 Å². The second kappa shape index (κ2) is 5.69. The second-order valence-electron chi connectivity index (χ2n) is 5.22. The molecule has 0 atom stereocenters. The summed E-state index contributed by atoms with van der Waals surface area (Å²) in [4.78, 5) is 22.5. The topological polar surface area (TPSA) is 84.3 Å².